The number of hydrogen-bond acceptors (Lipinski definition) is 1. The highest BCUT2D eigenvalue weighted by atomic mass is 14.9. The first kappa shape index (κ1) is 37.6. The highest BCUT2D eigenvalue weighted by Gasteiger charge is 2.58. The molecule has 5 aliphatic carbocycles. The van der Waals surface area contributed by atoms with E-state index in [9.17, 15) is 0 Å². The second-order valence-electron chi connectivity index (χ2n) is 19.6. The summed E-state index contributed by atoms with van der Waals surface area (Å²) in [5.41, 5.74) is 24.8. The molecule has 9 aromatic rings. The average molecular weight is 842 g/mol. The zero-order valence-corrected chi connectivity index (χ0v) is 37.1. The summed E-state index contributed by atoms with van der Waals surface area (Å²) >= 11 is 0. The monoisotopic (exact) mass is 841 g/mol. The minimum atomic E-state index is -0.407. The van der Waals surface area contributed by atoms with E-state index in [-0.39, 0.29) is 16.9 Å². The standard InChI is InChI=1S/C65H47N/c1-63(2)58-38-44(49-25-15-26-53-52-23-10-13-29-57(52)65(61(49)53)55-27-11-8-21-50(55)51-22-9-12-28-56(51)65)32-36-54(58)62-59(63)40-64(62)39-45(41-16-4-3-5-17-41)33-37-60(64)66-46-34-30-43(31-35-46)48-24-14-19-42-18-6-7-20-47(42)48/h3-39,60,66H,40H2,1-2H3. The molecule has 1 nitrogen and oxygen atoms in total. The van der Waals surface area contributed by atoms with Crippen LogP contribution in [-0.4, -0.2) is 6.04 Å². The fourth-order valence-corrected chi connectivity index (χ4v) is 13.2. The zero-order valence-electron chi connectivity index (χ0n) is 37.1. The lowest BCUT2D eigenvalue weighted by Crippen LogP contribution is -2.47. The van der Waals surface area contributed by atoms with Gasteiger partial charge in [-0.1, -0.05) is 226 Å². The van der Waals surface area contributed by atoms with Crippen LogP contribution in [0, 0.1) is 5.41 Å². The SMILES string of the molecule is CC1(C)C2=C(c3ccc(-c4cccc5c4C4(c6ccccc6-c6ccccc64)c4ccccc4-5)cc31)C1(C=C(c3ccccc3)C=CC1Nc1ccc(-c3cccc4ccccc34)cc1)C2. The molecule has 2 atom stereocenters. The second-order valence-corrected chi connectivity index (χ2v) is 19.6. The lowest BCUT2D eigenvalue weighted by Gasteiger charge is -2.51. The van der Waals surface area contributed by atoms with Crippen LogP contribution in [0.2, 0.25) is 0 Å². The van der Waals surface area contributed by atoms with Gasteiger partial charge in [-0.05, 0) is 130 Å². The quantitative estimate of drug-likeness (QED) is 0.182. The van der Waals surface area contributed by atoms with Gasteiger partial charge in [-0.15, -0.1) is 0 Å². The molecule has 0 bridgehead atoms. The maximum Gasteiger partial charge on any atom is 0.0731 e. The van der Waals surface area contributed by atoms with Crippen molar-refractivity contribution in [3.05, 3.63) is 269 Å². The van der Waals surface area contributed by atoms with Crippen molar-refractivity contribution in [2.75, 3.05) is 5.32 Å². The van der Waals surface area contributed by atoms with Crippen molar-refractivity contribution in [1.29, 1.82) is 0 Å². The summed E-state index contributed by atoms with van der Waals surface area (Å²) < 4.78 is 0. The maximum absolute atomic E-state index is 4.08. The summed E-state index contributed by atoms with van der Waals surface area (Å²) in [6, 6.07) is 77.3. The van der Waals surface area contributed by atoms with Crippen molar-refractivity contribution in [3.8, 4) is 44.5 Å². The topological polar surface area (TPSA) is 12.0 Å². The Hall–Kier alpha value is -7.74. The number of fused-ring (bicyclic) bond motifs is 14. The van der Waals surface area contributed by atoms with E-state index in [0.29, 0.717) is 0 Å². The average Bonchev–Trinajstić information content (AvgIpc) is 3.91. The van der Waals surface area contributed by atoms with E-state index in [2.05, 4.69) is 244 Å². The summed E-state index contributed by atoms with van der Waals surface area (Å²) in [4.78, 5) is 0. The van der Waals surface area contributed by atoms with E-state index in [1.807, 2.05) is 0 Å². The van der Waals surface area contributed by atoms with Crippen LogP contribution in [0.25, 0.3) is 66.4 Å². The van der Waals surface area contributed by atoms with Crippen molar-refractivity contribution in [2.24, 2.45) is 5.41 Å². The van der Waals surface area contributed by atoms with Gasteiger partial charge in [0.15, 0.2) is 0 Å². The largest absolute Gasteiger partial charge is 0.378 e. The van der Waals surface area contributed by atoms with E-state index in [1.54, 1.807) is 5.57 Å². The molecule has 1 heteroatoms. The zero-order chi connectivity index (χ0) is 43.8. The molecule has 14 rings (SSSR count). The predicted octanol–water partition coefficient (Wildman–Crippen LogP) is 16.1. The second kappa shape index (κ2) is 13.6. The molecule has 2 unspecified atom stereocenters. The third-order valence-corrected chi connectivity index (χ3v) is 16.1. The number of benzene rings is 9. The molecule has 0 radical (unpaired) electrons. The van der Waals surface area contributed by atoms with Crippen molar-refractivity contribution >= 4 is 27.6 Å². The van der Waals surface area contributed by atoms with E-state index in [4.69, 9.17) is 0 Å². The van der Waals surface area contributed by atoms with Gasteiger partial charge in [0, 0.05) is 16.5 Å². The molecule has 0 aliphatic heterocycles. The molecule has 1 N–H and O–H groups in total. The third kappa shape index (κ3) is 4.95. The van der Waals surface area contributed by atoms with E-state index < -0.39 is 5.41 Å². The van der Waals surface area contributed by atoms with Crippen LogP contribution in [0.3, 0.4) is 0 Å². The van der Waals surface area contributed by atoms with E-state index in [1.165, 1.54) is 105 Å². The van der Waals surface area contributed by atoms with Gasteiger partial charge in [-0.25, -0.2) is 0 Å². The van der Waals surface area contributed by atoms with Crippen molar-refractivity contribution in [1.82, 2.24) is 0 Å². The molecular weight excluding hydrogens is 795 g/mol. The summed E-state index contributed by atoms with van der Waals surface area (Å²) in [5.74, 6) is 0. The molecular formula is C65H47N. The highest BCUT2D eigenvalue weighted by Crippen LogP contribution is 2.69. The third-order valence-electron chi connectivity index (χ3n) is 16.1. The molecule has 0 saturated carbocycles. The predicted molar refractivity (Wildman–Crippen MR) is 276 cm³/mol. The molecule has 66 heavy (non-hydrogen) atoms. The normalized spacial score (nSPS) is 19.4. The Morgan fingerprint density at radius 2 is 1.03 bits per heavy atom. The van der Waals surface area contributed by atoms with Crippen LogP contribution in [0.15, 0.2) is 230 Å². The van der Waals surface area contributed by atoms with Crippen LogP contribution in [-0.2, 0) is 10.8 Å². The lowest BCUT2D eigenvalue weighted by molar-refractivity contribution is 0.395. The number of hydrogen-bond donors (Lipinski definition) is 1. The van der Waals surface area contributed by atoms with Crippen LogP contribution in [0.1, 0.15) is 59.2 Å². The number of allylic oxidation sites excluding steroid dienone is 3. The van der Waals surface area contributed by atoms with Gasteiger partial charge in [0.2, 0.25) is 0 Å². The van der Waals surface area contributed by atoms with Crippen molar-refractivity contribution < 1.29 is 0 Å². The summed E-state index contributed by atoms with van der Waals surface area (Å²) in [6.07, 6.45) is 8.38. The van der Waals surface area contributed by atoms with Gasteiger partial charge in [0.1, 0.15) is 0 Å². The lowest BCUT2D eigenvalue weighted by atomic mass is 9.55. The highest BCUT2D eigenvalue weighted by molar-refractivity contribution is 6.01. The Morgan fingerprint density at radius 3 is 1.77 bits per heavy atom. The van der Waals surface area contributed by atoms with E-state index in [0.717, 1.165) is 12.1 Å². The smallest absolute Gasteiger partial charge is 0.0731 e. The van der Waals surface area contributed by atoms with Gasteiger partial charge in [0.05, 0.1) is 11.5 Å². The van der Waals surface area contributed by atoms with Crippen molar-refractivity contribution in [3.63, 3.8) is 0 Å². The molecule has 5 aliphatic rings. The first-order valence-corrected chi connectivity index (χ1v) is 23.6. The van der Waals surface area contributed by atoms with Crippen LogP contribution in [0.4, 0.5) is 5.69 Å². The Morgan fingerprint density at radius 1 is 0.455 bits per heavy atom. The number of rotatable bonds is 5. The van der Waals surface area contributed by atoms with Crippen LogP contribution < -0.4 is 5.32 Å². The van der Waals surface area contributed by atoms with Crippen LogP contribution in [0.5, 0.6) is 0 Å². The molecule has 2 spiro atoms. The van der Waals surface area contributed by atoms with Gasteiger partial charge in [0.25, 0.3) is 0 Å². The summed E-state index contributed by atoms with van der Waals surface area (Å²) in [7, 11) is 0. The van der Waals surface area contributed by atoms with Crippen LogP contribution >= 0.6 is 0 Å². The number of anilines is 1. The Kier molecular flexibility index (Phi) is 7.78. The molecule has 9 aromatic carbocycles. The fraction of sp³-hybridized carbons (Fsp3) is 0.108. The Labute approximate surface area is 387 Å². The molecule has 0 fully saturated rings. The molecule has 0 amide bonds. The molecule has 312 valence electrons. The van der Waals surface area contributed by atoms with E-state index >= 15 is 0 Å². The minimum Gasteiger partial charge on any atom is -0.378 e. The summed E-state index contributed by atoms with van der Waals surface area (Å²) in [6.45, 7) is 4.94. The summed E-state index contributed by atoms with van der Waals surface area (Å²) in [5, 5.41) is 6.63. The minimum absolute atomic E-state index is 0.0757. The maximum atomic E-state index is 4.08. The van der Waals surface area contributed by atoms with Gasteiger partial charge < -0.3 is 5.32 Å². The van der Waals surface area contributed by atoms with Crippen molar-refractivity contribution in [2.45, 2.75) is 37.1 Å². The molecule has 0 heterocycles. The van der Waals surface area contributed by atoms with Gasteiger partial charge in [-0.3, -0.25) is 0 Å². The first-order valence-electron chi connectivity index (χ1n) is 23.6. The first-order chi connectivity index (χ1) is 32.4. The van der Waals surface area contributed by atoms with Gasteiger partial charge >= 0.3 is 0 Å². The molecule has 0 saturated heterocycles. The Bertz CT molecular complexity index is 3550. The van der Waals surface area contributed by atoms with Gasteiger partial charge in [-0.2, -0.15) is 0 Å². The molecule has 0 aromatic heterocycles. The Balaban J connectivity index is 0.891. The fourth-order valence-electron chi connectivity index (χ4n) is 13.2. The number of nitrogens with one attached hydrogen (secondary N) is 1.